The number of hydrogen-bond donors (Lipinski definition) is 1. The summed E-state index contributed by atoms with van der Waals surface area (Å²) < 4.78 is 49.0. The average molecular weight is 305 g/mol. The normalized spacial score (nSPS) is 15.3. The Kier molecular flexibility index (Phi) is 6.07. The van der Waals surface area contributed by atoms with Crippen molar-refractivity contribution in [3.8, 4) is 0 Å². The van der Waals surface area contributed by atoms with Gasteiger partial charge in [-0.25, -0.2) is 8.42 Å². The van der Waals surface area contributed by atoms with E-state index in [1.54, 1.807) is 12.1 Å². The molecule has 0 saturated heterocycles. The van der Waals surface area contributed by atoms with Crippen LogP contribution in [-0.2, 0) is 9.84 Å². The summed E-state index contributed by atoms with van der Waals surface area (Å²) in [5.74, 6) is -3.56. The lowest BCUT2D eigenvalue weighted by atomic mass is 9.91. The van der Waals surface area contributed by atoms with Gasteiger partial charge in [-0.3, -0.25) is 0 Å². The molecule has 1 aromatic rings. The van der Waals surface area contributed by atoms with Gasteiger partial charge in [0.25, 0.3) is 0 Å². The van der Waals surface area contributed by atoms with Gasteiger partial charge in [-0.2, -0.15) is 8.78 Å². The van der Waals surface area contributed by atoms with Crippen molar-refractivity contribution >= 4 is 9.84 Å². The van der Waals surface area contributed by atoms with Gasteiger partial charge >= 0.3 is 5.76 Å². The largest absolute Gasteiger partial charge is 0.341 e. The lowest BCUT2D eigenvalue weighted by molar-refractivity contribution is 0.234. The van der Waals surface area contributed by atoms with Gasteiger partial charge < -0.3 is 5.32 Å². The van der Waals surface area contributed by atoms with Crippen LogP contribution >= 0.6 is 0 Å². The van der Waals surface area contributed by atoms with Crippen molar-refractivity contribution in [2.45, 2.75) is 49.8 Å². The lowest BCUT2D eigenvalue weighted by Crippen LogP contribution is -2.33. The zero-order chi connectivity index (χ0) is 15.3. The van der Waals surface area contributed by atoms with Crippen LogP contribution in [0.5, 0.6) is 0 Å². The smallest absolute Gasteiger partial charge is 0.314 e. The summed E-state index contributed by atoms with van der Waals surface area (Å²) in [5, 5.41) is 3.26. The van der Waals surface area contributed by atoms with Gasteiger partial charge in [-0.1, -0.05) is 39.0 Å². The van der Waals surface area contributed by atoms with Crippen LogP contribution in [0.3, 0.4) is 0 Å². The van der Waals surface area contributed by atoms with Crippen LogP contribution in [0.4, 0.5) is 8.78 Å². The zero-order valence-electron chi connectivity index (χ0n) is 11.9. The summed E-state index contributed by atoms with van der Waals surface area (Å²) in [7, 11) is -4.57. The van der Waals surface area contributed by atoms with E-state index in [1.165, 1.54) is 12.1 Å². The molecule has 0 spiro atoms. The van der Waals surface area contributed by atoms with Crippen LogP contribution in [0.1, 0.15) is 38.7 Å². The van der Waals surface area contributed by atoms with Gasteiger partial charge in [-0.15, -0.1) is 0 Å². The Balaban J connectivity index is 3.26. The van der Waals surface area contributed by atoms with E-state index in [9.17, 15) is 17.2 Å². The van der Waals surface area contributed by atoms with Crippen LogP contribution in [-0.4, -0.2) is 26.8 Å². The van der Waals surface area contributed by atoms with Crippen LogP contribution in [0.2, 0.25) is 0 Å². The predicted octanol–water partition coefficient (Wildman–Crippen LogP) is 3.17. The molecule has 0 amide bonds. The molecule has 0 aromatic heterocycles. The summed E-state index contributed by atoms with van der Waals surface area (Å²) in [5.41, 5.74) is 0.445. The second kappa shape index (κ2) is 7.13. The summed E-state index contributed by atoms with van der Waals surface area (Å²) in [6.45, 7) is 6.54. The molecule has 1 aromatic carbocycles. The van der Waals surface area contributed by atoms with E-state index in [4.69, 9.17) is 0 Å². The molecule has 0 aliphatic carbocycles. The van der Waals surface area contributed by atoms with Crippen LogP contribution < -0.4 is 5.32 Å². The average Bonchev–Trinajstić information content (AvgIpc) is 2.43. The Hall–Kier alpha value is -1.01. The molecular weight excluding hydrogens is 284 g/mol. The van der Waals surface area contributed by atoms with Crippen molar-refractivity contribution in [3.63, 3.8) is 0 Å². The van der Waals surface area contributed by atoms with E-state index in [0.717, 1.165) is 13.0 Å². The molecule has 0 bridgehead atoms. The van der Waals surface area contributed by atoms with Gasteiger partial charge in [0.15, 0.2) is 0 Å². The molecular formula is C14H21F2NO2S. The molecule has 0 aliphatic heterocycles. The van der Waals surface area contributed by atoms with Gasteiger partial charge in [-0.05, 0) is 30.5 Å². The minimum Gasteiger partial charge on any atom is -0.314 e. The molecule has 2 unspecified atom stereocenters. The molecule has 6 heteroatoms. The Morgan fingerprint density at radius 1 is 1.20 bits per heavy atom. The topological polar surface area (TPSA) is 46.2 Å². The second-order valence-electron chi connectivity index (χ2n) is 4.70. The lowest BCUT2D eigenvalue weighted by Gasteiger charge is -2.25. The Bertz CT molecular complexity index is 532. The number of likely N-dealkylation sites (N-methyl/N-ethyl adjacent to an activating group) is 1. The summed E-state index contributed by atoms with van der Waals surface area (Å²) in [6.07, 6.45) is 0.790. The van der Waals surface area contributed by atoms with E-state index >= 15 is 0 Å². The van der Waals surface area contributed by atoms with Gasteiger partial charge in [0.1, 0.15) is 0 Å². The minimum absolute atomic E-state index is 0.0500. The molecule has 1 rings (SSSR count). The van der Waals surface area contributed by atoms with Crippen molar-refractivity contribution in [3.05, 3.63) is 29.8 Å². The molecule has 1 N–H and O–H groups in total. The first-order valence-corrected chi connectivity index (χ1v) is 8.25. The maximum atomic E-state index is 12.8. The van der Waals surface area contributed by atoms with Crippen molar-refractivity contribution in [1.82, 2.24) is 5.32 Å². The molecule has 0 radical (unpaired) electrons. The van der Waals surface area contributed by atoms with E-state index in [1.807, 2.05) is 20.8 Å². The SMILES string of the molecule is CCNC(CC)C(C)c1ccccc1S(=O)(=O)C(F)F. The first kappa shape index (κ1) is 17.0. The third-order valence-corrected chi connectivity index (χ3v) is 4.91. The van der Waals surface area contributed by atoms with E-state index in [2.05, 4.69) is 5.32 Å². The van der Waals surface area contributed by atoms with E-state index < -0.39 is 15.6 Å². The van der Waals surface area contributed by atoms with Crippen molar-refractivity contribution in [1.29, 1.82) is 0 Å². The second-order valence-corrected chi connectivity index (χ2v) is 6.59. The van der Waals surface area contributed by atoms with Crippen molar-refractivity contribution in [2.75, 3.05) is 6.54 Å². The molecule has 114 valence electrons. The minimum atomic E-state index is -4.57. The highest BCUT2D eigenvalue weighted by atomic mass is 32.2. The number of halogens is 2. The third-order valence-electron chi connectivity index (χ3n) is 3.46. The number of benzene rings is 1. The number of sulfone groups is 1. The first-order valence-electron chi connectivity index (χ1n) is 6.70. The molecule has 0 heterocycles. The highest BCUT2D eigenvalue weighted by Crippen LogP contribution is 2.30. The first-order chi connectivity index (χ1) is 9.36. The molecule has 0 saturated carbocycles. The molecule has 3 nitrogen and oxygen atoms in total. The van der Waals surface area contributed by atoms with Crippen LogP contribution in [0.25, 0.3) is 0 Å². The highest BCUT2D eigenvalue weighted by molar-refractivity contribution is 7.91. The van der Waals surface area contributed by atoms with Crippen LogP contribution in [0.15, 0.2) is 29.2 Å². The molecule has 0 aliphatic rings. The Morgan fingerprint density at radius 3 is 2.30 bits per heavy atom. The number of hydrogen-bond acceptors (Lipinski definition) is 3. The van der Waals surface area contributed by atoms with Crippen molar-refractivity contribution in [2.24, 2.45) is 0 Å². The molecule has 0 fully saturated rings. The fourth-order valence-corrected chi connectivity index (χ4v) is 3.41. The Labute approximate surface area is 119 Å². The molecule has 20 heavy (non-hydrogen) atoms. The van der Waals surface area contributed by atoms with Gasteiger partial charge in [0.05, 0.1) is 4.90 Å². The van der Waals surface area contributed by atoms with Gasteiger partial charge in [0.2, 0.25) is 9.84 Å². The standard InChI is InChI=1S/C14H21F2NO2S/c1-4-12(17-5-2)10(3)11-8-6-7-9-13(11)20(18,19)14(15)16/h6-10,12,14,17H,4-5H2,1-3H3. The van der Waals surface area contributed by atoms with Gasteiger partial charge in [0, 0.05) is 6.04 Å². The summed E-state index contributed by atoms with van der Waals surface area (Å²) >= 11 is 0. The number of nitrogens with one attached hydrogen (secondary N) is 1. The number of alkyl halides is 2. The highest BCUT2D eigenvalue weighted by Gasteiger charge is 2.31. The van der Waals surface area contributed by atoms with Crippen LogP contribution in [0, 0.1) is 0 Å². The maximum absolute atomic E-state index is 12.8. The zero-order valence-corrected chi connectivity index (χ0v) is 12.8. The Morgan fingerprint density at radius 2 is 1.80 bits per heavy atom. The maximum Gasteiger partial charge on any atom is 0.341 e. The molecule has 2 atom stereocenters. The fraction of sp³-hybridized carbons (Fsp3) is 0.571. The fourth-order valence-electron chi connectivity index (χ4n) is 2.37. The predicted molar refractivity (Wildman–Crippen MR) is 75.8 cm³/mol. The quantitative estimate of drug-likeness (QED) is 0.841. The van der Waals surface area contributed by atoms with Crippen molar-refractivity contribution < 1.29 is 17.2 Å². The van der Waals surface area contributed by atoms with E-state index in [0.29, 0.717) is 5.56 Å². The summed E-state index contributed by atoms with van der Waals surface area (Å²) in [6, 6.07) is 6.06. The monoisotopic (exact) mass is 305 g/mol. The summed E-state index contributed by atoms with van der Waals surface area (Å²) in [4.78, 5) is -0.265. The van der Waals surface area contributed by atoms with E-state index in [-0.39, 0.29) is 16.9 Å². The number of rotatable bonds is 7. The third kappa shape index (κ3) is 3.55.